The monoisotopic (exact) mass is 410 g/mol. The number of hydrogen-bond acceptors (Lipinski definition) is 6. The van der Waals surface area contributed by atoms with Gasteiger partial charge in [0.1, 0.15) is 24.5 Å². The predicted molar refractivity (Wildman–Crippen MR) is 107 cm³/mol. The first-order chi connectivity index (χ1) is 14.4. The van der Waals surface area contributed by atoms with Gasteiger partial charge in [0.15, 0.2) is 17.3 Å². The Balaban J connectivity index is 1.52. The van der Waals surface area contributed by atoms with Gasteiger partial charge in [0.05, 0.1) is 13.2 Å². The maximum Gasteiger partial charge on any atom is 0.325 e. The van der Waals surface area contributed by atoms with E-state index in [0.29, 0.717) is 48.2 Å². The van der Waals surface area contributed by atoms with Crippen LogP contribution in [-0.2, 0) is 10.3 Å². The van der Waals surface area contributed by atoms with Crippen LogP contribution in [-0.4, -0.2) is 49.0 Å². The molecule has 2 aromatic carbocycles. The van der Waals surface area contributed by atoms with E-state index in [9.17, 15) is 14.4 Å². The van der Waals surface area contributed by atoms with Crippen molar-refractivity contribution in [3.05, 3.63) is 53.6 Å². The number of fused-ring (bicyclic) bond motifs is 1. The number of Topliss-reactive ketones (excluding diaryl/α,β-unsaturated/α-hetero) is 1. The molecule has 0 saturated carbocycles. The molecule has 2 aliphatic heterocycles. The average Bonchev–Trinajstić information content (AvgIpc) is 2.98. The standard InChI is InChI=1S/C22H22N2O6/c1-3-28-16-7-4-14(5-8-16)17(25)13-24-20(26)22(2,23-21(24)27)15-6-9-18-19(12-15)30-11-10-29-18/h4-9,12H,3,10-11,13H2,1-2H3,(H,23,27)/t22-/m1/s1. The molecule has 2 heterocycles. The molecule has 0 radical (unpaired) electrons. The van der Waals surface area contributed by atoms with Gasteiger partial charge in [-0.3, -0.25) is 14.5 Å². The Bertz CT molecular complexity index is 1000. The number of carbonyl (C=O) groups is 3. The van der Waals surface area contributed by atoms with E-state index in [1.54, 1.807) is 49.4 Å². The van der Waals surface area contributed by atoms with Gasteiger partial charge in [-0.05, 0) is 55.8 Å². The van der Waals surface area contributed by atoms with Crippen LogP contribution in [0.2, 0.25) is 0 Å². The number of benzene rings is 2. The molecule has 30 heavy (non-hydrogen) atoms. The zero-order chi connectivity index (χ0) is 21.3. The molecule has 4 rings (SSSR count). The molecule has 8 heteroatoms. The molecular weight excluding hydrogens is 388 g/mol. The minimum absolute atomic E-state index is 0.340. The highest BCUT2D eigenvalue weighted by molar-refractivity contribution is 6.11. The lowest BCUT2D eigenvalue weighted by Gasteiger charge is -2.25. The van der Waals surface area contributed by atoms with Crippen LogP contribution in [0.1, 0.15) is 29.8 Å². The van der Waals surface area contributed by atoms with E-state index in [1.807, 2.05) is 6.92 Å². The second-order valence-electron chi connectivity index (χ2n) is 7.19. The van der Waals surface area contributed by atoms with E-state index in [-0.39, 0.29) is 12.3 Å². The smallest absolute Gasteiger partial charge is 0.325 e. The number of nitrogens with one attached hydrogen (secondary N) is 1. The molecule has 0 unspecified atom stereocenters. The average molecular weight is 410 g/mol. The van der Waals surface area contributed by atoms with Gasteiger partial charge in [-0.2, -0.15) is 0 Å². The van der Waals surface area contributed by atoms with Crippen molar-refractivity contribution in [1.29, 1.82) is 0 Å². The Morgan fingerprint density at radius 3 is 2.50 bits per heavy atom. The Morgan fingerprint density at radius 1 is 1.10 bits per heavy atom. The highest BCUT2D eigenvalue weighted by Gasteiger charge is 2.49. The molecule has 1 saturated heterocycles. The normalized spacial score (nSPS) is 20.1. The fourth-order valence-corrected chi connectivity index (χ4v) is 3.53. The van der Waals surface area contributed by atoms with Crippen molar-refractivity contribution in [2.24, 2.45) is 0 Å². The molecule has 0 aliphatic carbocycles. The van der Waals surface area contributed by atoms with Crippen LogP contribution >= 0.6 is 0 Å². The lowest BCUT2D eigenvalue weighted by atomic mass is 9.91. The molecule has 8 nitrogen and oxygen atoms in total. The van der Waals surface area contributed by atoms with Gasteiger partial charge in [-0.25, -0.2) is 4.79 Å². The van der Waals surface area contributed by atoms with E-state index in [4.69, 9.17) is 14.2 Å². The number of urea groups is 1. The lowest BCUT2D eigenvalue weighted by Crippen LogP contribution is -2.41. The molecule has 3 amide bonds. The zero-order valence-electron chi connectivity index (χ0n) is 16.8. The van der Waals surface area contributed by atoms with Crippen molar-refractivity contribution in [1.82, 2.24) is 10.2 Å². The second-order valence-corrected chi connectivity index (χ2v) is 7.19. The molecule has 1 N–H and O–H groups in total. The Morgan fingerprint density at radius 2 is 1.80 bits per heavy atom. The fraction of sp³-hybridized carbons (Fsp3) is 0.318. The van der Waals surface area contributed by atoms with Crippen LogP contribution in [0.4, 0.5) is 4.79 Å². The molecule has 2 aromatic rings. The molecule has 1 fully saturated rings. The van der Waals surface area contributed by atoms with Gasteiger partial charge in [0.25, 0.3) is 5.91 Å². The van der Waals surface area contributed by atoms with Gasteiger partial charge < -0.3 is 19.5 Å². The second kappa shape index (κ2) is 7.70. The van der Waals surface area contributed by atoms with Gasteiger partial charge in [-0.1, -0.05) is 6.07 Å². The fourth-order valence-electron chi connectivity index (χ4n) is 3.53. The first kappa shape index (κ1) is 19.8. The van der Waals surface area contributed by atoms with Crippen molar-refractivity contribution in [2.75, 3.05) is 26.4 Å². The summed E-state index contributed by atoms with van der Waals surface area (Å²) in [6.45, 7) is 4.53. The Labute approximate surface area is 173 Å². The van der Waals surface area contributed by atoms with E-state index >= 15 is 0 Å². The maximum atomic E-state index is 13.1. The number of ketones is 1. The summed E-state index contributed by atoms with van der Waals surface area (Å²) in [7, 11) is 0. The van der Waals surface area contributed by atoms with Gasteiger partial charge in [0.2, 0.25) is 0 Å². The number of ether oxygens (including phenoxy) is 3. The SMILES string of the molecule is CCOc1ccc(C(=O)CN2C(=O)N[C@](C)(c3ccc4c(c3)OCCO4)C2=O)cc1. The van der Waals surface area contributed by atoms with Crippen molar-refractivity contribution in [3.63, 3.8) is 0 Å². The third-order valence-corrected chi connectivity index (χ3v) is 5.18. The van der Waals surface area contributed by atoms with Crippen LogP contribution in [0.15, 0.2) is 42.5 Å². The van der Waals surface area contributed by atoms with Crippen molar-refractivity contribution >= 4 is 17.7 Å². The summed E-state index contributed by atoms with van der Waals surface area (Å²) in [6.07, 6.45) is 0. The van der Waals surface area contributed by atoms with Crippen LogP contribution in [0.5, 0.6) is 17.2 Å². The lowest BCUT2D eigenvalue weighted by molar-refractivity contribution is -0.130. The number of rotatable bonds is 6. The number of amides is 3. The predicted octanol–water partition coefficient (Wildman–Crippen LogP) is 2.51. The summed E-state index contributed by atoms with van der Waals surface area (Å²) in [5, 5.41) is 2.70. The summed E-state index contributed by atoms with van der Waals surface area (Å²) in [5.41, 5.74) is -0.348. The van der Waals surface area contributed by atoms with Crippen LogP contribution < -0.4 is 19.5 Å². The molecule has 2 aliphatic rings. The van der Waals surface area contributed by atoms with Gasteiger partial charge in [-0.15, -0.1) is 0 Å². The molecule has 1 atom stereocenters. The summed E-state index contributed by atoms with van der Waals surface area (Å²) < 4.78 is 16.5. The minimum atomic E-state index is -1.30. The zero-order valence-corrected chi connectivity index (χ0v) is 16.8. The largest absolute Gasteiger partial charge is 0.494 e. The maximum absolute atomic E-state index is 13.1. The van der Waals surface area contributed by atoms with Crippen LogP contribution in [0, 0.1) is 0 Å². The summed E-state index contributed by atoms with van der Waals surface area (Å²) in [5.74, 6) is 0.922. The third-order valence-electron chi connectivity index (χ3n) is 5.18. The van der Waals surface area contributed by atoms with Crippen molar-refractivity contribution in [3.8, 4) is 17.2 Å². The summed E-state index contributed by atoms with van der Waals surface area (Å²) in [4.78, 5) is 39.2. The first-order valence-corrected chi connectivity index (χ1v) is 9.72. The Kier molecular flexibility index (Phi) is 5.07. The molecule has 156 valence electrons. The topological polar surface area (TPSA) is 94.2 Å². The van der Waals surface area contributed by atoms with Gasteiger partial charge >= 0.3 is 6.03 Å². The minimum Gasteiger partial charge on any atom is -0.494 e. The highest BCUT2D eigenvalue weighted by Crippen LogP contribution is 2.36. The van der Waals surface area contributed by atoms with Crippen LogP contribution in [0.25, 0.3) is 0 Å². The van der Waals surface area contributed by atoms with E-state index in [1.165, 1.54) is 0 Å². The molecule has 0 spiro atoms. The quantitative estimate of drug-likeness (QED) is 0.581. The van der Waals surface area contributed by atoms with Crippen LogP contribution in [0.3, 0.4) is 0 Å². The van der Waals surface area contributed by atoms with E-state index < -0.39 is 17.5 Å². The number of hydrogen-bond donors (Lipinski definition) is 1. The number of imide groups is 1. The Hall–Kier alpha value is -3.55. The molecule has 0 bridgehead atoms. The van der Waals surface area contributed by atoms with Gasteiger partial charge in [0, 0.05) is 5.56 Å². The first-order valence-electron chi connectivity index (χ1n) is 9.72. The molecular formula is C22H22N2O6. The van der Waals surface area contributed by atoms with Crippen molar-refractivity contribution in [2.45, 2.75) is 19.4 Å². The van der Waals surface area contributed by atoms with E-state index in [2.05, 4.69) is 5.32 Å². The van der Waals surface area contributed by atoms with Crippen molar-refractivity contribution < 1.29 is 28.6 Å². The number of nitrogens with zero attached hydrogens (tertiary/aromatic N) is 1. The third kappa shape index (κ3) is 3.45. The highest BCUT2D eigenvalue weighted by atomic mass is 16.6. The summed E-state index contributed by atoms with van der Waals surface area (Å²) >= 11 is 0. The van der Waals surface area contributed by atoms with E-state index in [0.717, 1.165) is 4.90 Å². The summed E-state index contributed by atoms with van der Waals surface area (Å²) in [6, 6.07) is 11.1. The number of carbonyl (C=O) groups excluding carboxylic acids is 3. The molecule has 0 aromatic heterocycles.